The van der Waals surface area contributed by atoms with Crippen LogP contribution in [0.15, 0.2) is 231 Å². The van der Waals surface area contributed by atoms with Gasteiger partial charge in [0.1, 0.15) is 0 Å². The van der Waals surface area contributed by atoms with E-state index in [0.29, 0.717) is 0 Å². The van der Waals surface area contributed by atoms with Crippen molar-refractivity contribution < 1.29 is 0 Å². The molecule has 0 aliphatic carbocycles. The van der Waals surface area contributed by atoms with Gasteiger partial charge in [0.2, 0.25) is 0 Å². The summed E-state index contributed by atoms with van der Waals surface area (Å²) in [5.74, 6) is 0. The zero-order valence-corrected chi connectivity index (χ0v) is 31.8. The van der Waals surface area contributed by atoms with Crippen LogP contribution in [0.3, 0.4) is 0 Å². The minimum Gasteiger partial charge on any atom is -0.310 e. The van der Waals surface area contributed by atoms with E-state index < -0.39 is 0 Å². The lowest BCUT2D eigenvalue weighted by molar-refractivity contribution is 1.18. The van der Waals surface area contributed by atoms with Crippen molar-refractivity contribution in [3.63, 3.8) is 0 Å². The van der Waals surface area contributed by atoms with E-state index in [9.17, 15) is 0 Å². The summed E-state index contributed by atoms with van der Waals surface area (Å²) >= 11 is 0. The third-order valence-electron chi connectivity index (χ3n) is 11.5. The number of fused-ring (bicyclic) bond motifs is 5. The summed E-state index contributed by atoms with van der Waals surface area (Å²) in [7, 11) is 0. The molecule has 272 valence electrons. The highest BCUT2D eigenvalue weighted by Gasteiger charge is 2.22. The maximum atomic E-state index is 2.48. The van der Waals surface area contributed by atoms with Gasteiger partial charge in [-0.15, -0.1) is 0 Å². The summed E-state index contributed by atoms with van der Waals surface area (Å²) < 4.78 is 2.48. The van der Waals surface area contributed by atoms with Crippen LogP contribution in [0.2, 0.25) is 0 Å². The van der Waals surface area contributed by atoms with Crippen LogP contribution in [0, 0.1) is 0 Å². The lowest BCUT2D eigenvalue weighted by Gasteiger charge is -2.28. The molecular formula is C56H38N2. The summed E-state index contributed by atoms with van der Waals surface area (Å²) in [4.78, 5) is 2.42. The number of rotatable bonds is 7. The molecule has 0 spiro atoms. The molecule has 10 aromatic carbocycles. The summed E-state index contributed by atoms with van der Waals surface area (Å²) in [6.07, 6.45) is 0. The maximum absolute atomic E-state index is 2.48. The summed E-state index contributed by atoms with van der Waals surface area (Å²) in [6.45, 7) is 0. The monoisotopic (exact) mass is 738 g/mol. The normalized spacial score (nSPS) is 11.4. The molecule has 0 saturated heterocycles. The topological polar surface area (TPSA) is 8.17 Å². The zero-order valence-electron chi connectivity index (χ0n) is 31.8. The average Bonchev–Trinajstić information content (AvgIpc) is 3.63. The van der Waals surface area contributed by atoms with Gasteiger partial charge in [0, 0.05) is 33.3 Å². The molecule has 1 heterocycles. The van der Waals surface area contributed by atoms with Gasteiger partial charge in [-0.05, 0) is 104 Å². The van der Waals surface area contributed by atoms with E-state index in [1.165, 1.54) is 65.7 Å². The van der Waals surface area contributed by atoms with Crippen LogP contribution in [-0.4, -0.2) is 4.57 Å². The molecule has 0 radical (unpaired) electrons. The fourth-order valence-corrected chi connectivity index (χ4v) is 8.75. The molecule has 2 nitrogen and oxygen atoms in total. The van der Waals surface area contributed by atoms with Crippen molar-refractivity contribution >= 4 is 60.4 Å². The molecule has 0 aliphatic heterocycles. The highest BCUT2D eigenvalue weighted by molar-refractivity contribution is 6.11. The van der Waals surface area contributed by atoms with Gasteiger partial charge in [0.25, 0.3) is 0 Å². The molecule has 0 saturated carbocycles. The predicted octanol–water partition coefficient (Wildman–Crippen LogP) is 15.6. The minimum atomic E-state index is 1.08. The highest BCUT2D eigenvalue weighted by Crippen LogP contribution is 2.45. The first kappa shape index (κ1) is 33.6. The first-order valence-corrected chi connectivity index (χ1v) is 19.9. The van der Waals surface area contributed by atoms with Crippen molar-refractivity contribution in [1.82, 2.24) is 4.57 Å². The van der Waals surface area contributed by atoms with E-state index in [1.807, 2.05) is 0 Å². The van der Waals surface area contributed by atoms with Crippen molar-refractivity contribution in [3.05, 3.63) is 231 Å². The fourth-order valence-electron chi connectivity index (χ4n) is 8.75. The Hall–Kier alpha value is -7.68. The number of hydrogen-bond acceptors (Lipinski definition) is 1. The molecule has 11 aromatic rings. The Morgan fingerprint density at radius 1 is 0.293 bits per heavy atom. The van der Waals surface area contributed by atoms with Crippen LogP contribution in [0.25, 0.3) is 82.4 Å². The van der Waals surface area contributed by atoms with E-state index in [4.69, 9.17) is 0 Å². The molecule has 1 aromatic heterocycles. The SMILES string of the molecule is c1ccc(-c2cc(-c3ccc4ccccc4c3)ccc2N(c2ccccc2)c2ccc3c4ccccc4n(-c4cc5ccccc5cc4-c4ccccc4)c3c2)cc1. The second-order valence-corrected chi connectivity index (χ2v) is 15.0. The van der Waals surface area contributed by atoms with Gasteiger partial charge in [-0.2, -0.15) is 0 Å². The molecule has 0 atom stereocenters. The molecular weight excluding hydrogens is 701 g/mol. The standard InChI is InChI=1S/C56H38N2/c1-4-17-40(18-5-1)51-36-46(45-29-28-39-16-10-11-21-42(39)34-45)30-33-54(51)57(47-24-8-3-9-25-47)48-31-32-50-49-26-14-15-27-53(49)58(56(50)38-48)55-37-44-23-13-12-22-43(44)35-52(55)41-19-6-2-7-20-41/h1-38H. The third-order valence-corrected chi connectivity index (χ3v) is 11.5. The Bertz CT molecular complexity index is 3270. The molecule has 0 bridgehead atoms. The molecule has 11 rings (SSSR count). The lowest BCUT2D eigenvalue weighted by Crippen LogP contribution is -2.11. The molecule has 58 heavy (non-hydrogen) atoms. The Morgan fingerprint density at radius 3 is 1.59 bits per heavy atom. The lowest BCUT2D eigenvalue weighted by atomic mass is 9.95. The van der Waals surface area contributed by atoms with Gasteiger partial charge in [-0.25, -0.2) is 0 Å². The van der Waals surface area contributed by atoms with Crippen LogP contribution >= 0.6 is 0 Å². The zero-order chi connectivity index (χ0) is 38.4. The Labute approximate surface area is 338 Å². The third kappa shape index (κ3) is 5.82. The van der Waals surface area contributed by atoms with E-state index in [-0.39, 0.29) is 0 Å². The Kier molecular flexibility index (Phi) is 8.19. The second-order valence-electron chi connectivity index (χ2n) is 15.0. The molecule has 0 amide bonds. The van der Waals surface area contributed by atoms with Gasteiger partial charge in [-0.3, -0.25) is 0 Å². The van der Waals surface area contributed by atoms with Crippen LogP contribution in [-0.2, 0) is 0 Å². The largest absolute Gasteiger partial charge is 0.310 e. The second kappa shape index (κ2) is 14.1. The highest BCUT2D eigenvalue weighted by atomic mass is 15.1. The summed E-state index contributed by atoms with van der Waals surface area (Å²) in [5, 5.41) is 7.36. The maximum Gasteiger partial charge on any atom is 0.0562 e. The first-order valence-electron chi connectivity index (χ1n) is 19.9. The number of para-hydroxylation sites is 2. The van der Waals surface area contributed by atoms with Gasteiger partial charge in [-0.1, -0.05) is 170 Å². The summed E-state index contributed by atoms with van der Waals surface area (Å²) in [5.41, 5.74) is 13.9. The van der Waals surface area contributed by atoms with Gasteiger partial charge in [0.05, 0.1) is 22.4 Å². The first-order chi connectivity index (χ1) is 28.8. The van der Waals surface area contributed by atoms with E-state index in [0.717, 1.165) is 33.8 Å². The van der Waals surface area contributed by atoms with Gasteiger partial charge in [0.15, 0.2) is 0 Å². The quantitative estimate of drug-likeness (QED) is 0.158. The van der Waals surface area contributed by atoms with Gasteiger partial charge >= 0.3 is 0 Å². The smallest absolute Gasteiger partial charge is 0.0562 e. The van der Waals surface area contributed by atoms with E-state index >= 15 is 0 Å². The number of hydrogen-bond donors (Lipinski definition) is 0. The van der Waals surface area contributed by atoms with Crippen molar-refractivity contribution in [2.45, 2.75) is 0 Å². The molecule has 2 heteroatoms. The number of nitrogens with zero attached hydrogens (tertiary/aromatic N) is 2. The molecule has 0 unspecified atom stereocenters. The van der Waals surface area contributed by atoms with Crippen molar-refractivity contribution in [3.8, 4) is 39.1 Å². The predicted molar refractivity (Wildman–Crippen MR) is 247 cm³/mol. The van der Waals surface area contributed by atoms with Crippen molar-refractivity contribution in [2.24, 2.45) is 0 Å². The van der Waals surface area contributed by atoms with Crippen molar-refractivity contribution in [1.29, 1.82) is 0 Å². The molecule has 0 N–H and O–H groups in total. The van der Waals surface area contributed by atoms with Crippen LogP contribution < -0.4 is 4.90 Å². The average molecular weight is 739 g/mol. The fraction of sp³-hybridized carbons (Fsp3) is 0. The molecule has 0 fully saturated rings. The van der Waals surface area contributed by atoms with Gasteiger partial charge < -0.3 is 9.47 Å². The van der Waals surface area contributed by atoms with Crippen LogP contribution in [0.5, 0.6) is 0 Å². The number of aromatic nitrogens is 1. The van der Waals surface area contributed by atoms with Crippen LogP contribution in [0.1, 0.15) is 0 Å². The summed E-state index contributed by atoms with van der Waals surface area (Å²) in [6, 6.07) is 83.9. The Morgan fingerprint density at radius 2 is 0.845 bits per heavy atom. The van der Waals surface area contributed by atoms with Crippen molar-refractivity contribution in [2.75, 3.05) is 4.90 Å². The van der Waals surface area contributed by atoms with E-state index in [1.54, 1.807) is 0 Å². The minimum absolute atomic E-state index is 1.08. The number of anilines is 3. The van der Waals surface area contributed by atoms with Crippen LogP contribution in [0.4, 0.5) is 17.1 Å². The Balaban J connectivity index is 1.17. The van der Waals surface area contributed by atoms with E-state index in [2.05, 4.69) is 240 Å². The number of benzene rings is 10. The molecule has 0 aliphatic rings.